The third kappa shape index (κ3) is 2.30. The molecule has 0 bridgehead atoms. The van der Waals surface area contributed by atoms with Gasteiger partial charge in [0.15, 0.2) is 0 Å². The maximum atomic E-state index is 11.8. The number of ether oxygens (including phenoxy) is 1. The third-order valence-electron chi connectivity index (χ3n) is 3.77. The molecule has 1 unspecified atom stereocenters. The summed E-state index contributed by atoms with van der Waals surface area (Å²) in [6.45, 7) is 1.00. The van der Waals surface area contributed by atoms with Crippen LogP contribution in [0.15, 0.2) is 30.3 Å². The van der Waals surface area contributed by atoms with Gasteiger partial charge in [0.2, 0.25) is 5.91 Å². The summed E-state index contributed by atoms with van der Waals surface area (Å²) in [6, 6.07) is 7.88. The molecule has 0 radical (unpaired) electrons. The molecule has 4 nitrogen and oxygen atoms in total. The van der Waals surface area contributed by atoms with E-state index in [0.717, 1.165) is 30.0 Å². The average molecular weight is 258 g/mol. The Morgan fingerprint density at radius 2 is 2.05 bits per heavy atom. The van der Waals surface area contributed by atoms with Crippen molar-refractivity contribution in [2.24, 2.45) is 0 Å². The molecule has 0 aliphatic carbocycles. The predicted octanol–water partition coefficient (Wildman–Crippen LogP) is 1.98. The highest BCUT2D eigenvalue weighted by Crippen LogP contribution is 2.30. The zero-order chi connectivity index (χ0) is 13.2. The molecule has 1 atom stereocenters. The summed E-state index contributed by atoms with van der Waals surface area (Å²) in [5.74, 6) is 0.841. The number of hydrogen-bond acceptors (Lipinski definition) is 3. The SMILES string of the molecule is COc1ccc(C2=CC(=O)NC3CCCCN23)cc1. The van der Waals surface area contributed by atoms with E-state index < -0.39 is 0 Å². The van der Waals surface area contributed by atoms with Crippen LogP contribution >= 0.6 is 0 Å². The summed E-state index contributed by atoms with van der Waals surface area (Å²) in [5.41, 5.74) is 2.10. The number of rotatable bonds is 2. The Bertz CT molecular complexity index is 507. The third-order valence-corrected chi connectivity index (χ3v) is 3.77. The van der Waals surface area contributed by atoms with Gasteiger partial charge in [-0.25, -0.2) is 0 Å². The Balaban J connectivity index is 1.93. The van der Waals surface area contributed by atoms with Gasteiger partial charge in [-0.2, -0.15) is 0 Å². The van der Waals surface area contributed by atoms with Crippen LogP contribution in [-0.4, -0.2) is 30.6 Å². The quantitative estimate of drug-likeness (QED) is 0.882. The Morgan fingerprint density at radius 1 is 1.26 bits per heavy atom. The molecule has 0 saturated carbocycles. The molecule has 4 heteroatoms. The number of fused-ring (bicyclic) bond motifs is 1. The van der Waals surface area contributed by atoms with Crippen molar-refractivity contribution in [3.63, 3.8) is 0 Å². The number of benzene rings is 1. The number of hydrogen-bond donors (Lipinski definition) is 1. The number of nitrogens with one attached hydrogen (secondary N) is 1. The Morgan fingerprint density at radius 3 is 2.79 bits per heavy atom. The summed E-state index contributed by atoms with van der Waals surface area (Å²) in [6.07, 6.45) is 5.24. The average Bonchev–Trinajstić information content (AvgIpc) is 2.46. The topological polar surface area (TPSA) is 41.6 Å². The van der Waals surface area contributed by atoms with Crippen LogP contribution in [-0.2, 0) is 4.79 Å². The summed E-state index contributed by atoms with van der Waals surface area (Å²) in [4.78, 5) is 14.1. The van der Waals surface area contributed by atoms with Crippen LogP contribution in [0.5, 0.6) is 5.75 Å². The van der Waals surface area contributed by atoms with E-state index in [9.17, 15) is 4.79 Å². The van der Waals surface area contributed by atoms with Crippen LogP contribution < -0.4 is 10.1 Å². The molecular formula is C15H18N2O2. The lowest BCUT2D eigenvalue weighted by atomic mass is 10.0. The van der Waals surface area contributed by atoms with Crippen LogP contribution in [0.1, 0.15) is 24.8 Å². The fraction of sp³-hybridized carbons (Fsp3) is 0.400. The van der Waals surface area contributed by atoms with E-state index in [1.54, 1.807) is 13.2 Å². The van der Waals surface area contributed by atoms with Gasteiger partial charge in [-0.3, -0.25) is 4.79 Å². The zero-order valence-electron chi connectivity index (χ0n) is 11.1. The number of amides is 1. The monoisotopic (exact) mass is 258 g/mol. The van der Waals surface area contributed by atoms with Gasteiger partial charge in [-0.1, -0.05) is 0 Å². The summed E-state index contributed by atoms with van der Waals surface area (Å²) < 4.78 is 5.17. The Labute approximate surface area is 113 Å². The number of methoxy groups -OCH3 is 1. The number of carbonyl (C=O) groups is 1. The number of nitrogens with zero attached hydrogens (tertiary/aromatic N) is 1. The number of carbonyl (C=O) groups excluding carboxylic acids is 1. The molecule has 1 saturated heterocycles. The highest BCUT2D eigenvalue weighted by atomic mass is 16.5. The molecule has 19 heavy (non-hydrogen) atoms. The first kappa shape index (κ1) is 12.1. The van der Waals surface area contributed by atoms with Gasteiger partial charge in [0.25, 0.3) is 0 Å². The molecule has 1 amide bonds. The van der Waals surface area contributed by atoms with E-state index in [0.29, 0.717) is 0 Å². The molecule has 0 spiro atoms. The molecular weight excluding hydrogens is 240 g/mol. The molecule has 1 aromatic rings. The van der Waals surface area contributed by atoms with Crippen LogP contribution in [0.25, 0.3) is 5.70 Å². The maximum absolute atomic E-state index is 11.8. The highest BCUT2D eigenvalue weighted by molar-refractivity contribution is 5.96. The normalized spacial score (nSPS) is 22.4. The van der Waals surface area contributed by atoms with Gasteiger partial charge >= 0.3 is 0 Å². The maximum Gasteiger partial charge on any atom is 0.247 e. The van der Waals surface area contributed by atoms with E-state index in [1.807, 2.05) is 24.3 Å². The standard InChI is InChI=1S/C15H18N2O2/c1-19-12-7-5-11(6-8-12)13-10-15(18)16-14-4-2-3-9-17(13)14/h5-8,10,14H,2-4,9H2,1H3,(H,16,18). The fourth-order valence-corrected chi connectivity index (χ4v) is 2.79. The van der Waals surface area contributed by atoms with Crippen LogP contribution in [0, 0.1) is 0 Å². The first-order valence-electron chi connectivity index (χ1n) is 6.71. The van der Waals surface area contributed by atoms with E-state index in [4.69, 9.17) is 4.74 Å². The van der Waals surface area contributed by atoms with Gasteiger partial charge in [-0.05, 0) is 49.1 Å². The molecule has 2 heterocycles. The van der Waals surface area contributed by atoms with Crippen molar-refractivity contribution >= 4 is 11.6 Å². The second kappa shape index (κ2) is 4.96. The lowest BCUT2D eigenvalue weighted by molar-refractivity contribution is -0.119. The molecule has 2 aliphatic rings. The largest absolute Gasteiger partial charge is 0.497 e. The second-order valence-corrected chi connectivity index (χ2v) is 4.97. The minimum Gasteiger partial charge on any atom is -0.497 e. The van der Waals surface area contributed by atoms with Crippen molar-refractivity contribution in [2.75, 3.05) is 13.7 Å². The van der Waals surface area contributed by atoms with E-state index in [1.165, 1.54) is 12.8 Å². The zero-order valence-corrected chi connectivity index (χ0v) is 11.1. The summed E-state index contributed by atoms with van der Waals surface area (Å²) >= 11 is 0. The van der Waals surface area contributed by atoms with Crippen LogP contribution in [0.4, 0.5) is 0 Å². The first-order chi connectivity index (χ1) is 9.28. The van der Waals surface area contributed by atoms with Crippen molar-refractivity contribution in [3.05, 3.63) is 35.9 Å². The van der Waals surface area contributed by atoms with Gasteiger partial charge < -0.3 is 15.0 Å². The van der Waals surface area contributed by atoms with Gasteiger partial charge in [-0.15, -0.1) is 0 Å². The van der Waals surface area contributed by atoms with Crippen molar-refractivity contribution in [2.45, 2.75) is 25.4 Å². The van der Waals surface area contributed by atoms with E-state index in [2.05, 4.69) is 10.2 Å². The predicted molar refractivity (Wildman–Crippen MR) is 73.5 cm³/mol. The first-order valence-corrected chi connectivity index (χ1v) is 6.71. The van der Waals surface area contributed by atoms with Crippen molar-refractivity contribution in [1.29, 1.82) is 0 Å². The Kier molecular flexibility index (Phi) is 3.15. The Hall–Kier alpha value is -1.97. The minimum atomic E-state index is 0.00830. The molecule has 1 aromatic carbocycles. The smallest absolute Gasteiger partial charge is 0.247 e. The highest BCUT2D eigenvalue weighted by Gasteiger charge is 2.29. The second-order valence-electron chi connectivity index (χ2n) is 4.97. The van der Waals surface area contributed by atoms with Gasteiger partial charge in [0.1, 0.15) is 11.9 Å². The van der Waals surface area contributed by atoms with Crippen molar-refractivity contribution in [3.8, 4) is 5.75 Å². The minimum absolute atomic E-state index is 0.00830. The molecule has 2 aliphatic heterocycles. The lowest BCUT2D eigenvalue weighted by Gasteiger charge is -2.41. The number of piperidine rings is 1. The molecule has 0 aromatic heterocycles. The molecule has 1 fully saturated rings. The van der Waals surface area contributed by atoms with Crippen molar-refractivity contribution in [1.82, 2.24) is 10.2 Å². The van der Waals surface area contributed by atoms with E-state index >= 15 is 0 Å². The summed E-state index contributed by atoms with van der Waals surface area (Å²) in [7, 11) is 1.66. The van der Waals surface area contributed by atoms with Crippen LogP contribution in [0.2, 0.25) is 0 Å². The van der Waals surface area contributed by atoms with Gasteiger partial charge in [0.05, 0.1) is 12.8 Å². The summed E-state index contributed by atoms with van der Waals surface area (Å²) in [5, 5.41) is 3.03. The molecule has 3 rings (SSSR count). The fourth-order valence-electron chi connectivity index (χ4n) is 2.79. The van der Waals surface area contributed by atoms with E-state index in [-0.39, 0.29) is 12.1 Å². The molecule has 100 valence electrons. The van der Waals surface area contributed by atoms with Crippen molar-refractivity contribution < 1.29 is 9.53 Å². The van der Waals surface area contributed by atoms with Crippen LogP contribution in [0.3, 0.4) is 0 Å². The van der Waals surface area contributed by atoms with Gasteiger partial charge in [0, 0.05) is 12.6 Å². The lowest BCUT2D eigenvalue weighted by Crippen LogP contribution is -2.52. The molecule has 1 N–H and O–H groups in total.